The van der Waals surface area contributed by atoms with Gasteiger partial charge < -0.3 is 41.2 Å². The average Bonchev–Trinajstić information content (AvgIpc) is 3.14. The summed E-state index contributed by atoms with van der Waals surface area (Å²) >= 11 is 0. The van der Waals surface area contributed by atoms with Gasteiger partial charge in [0, 0.05) is 19.3 Å². The lowest BCUT2D eigenvalue weighted by molar-refractivity contribution is -0.159. The van der Waals surface area contributed by atoms with E-state index in [1.807, 2.05) is 19.9 Å². The van der Waals surface area contributed by atoms with Gasteiger partial charge >= 0.3 is 5.97 Å². The zero-order valence-corrected chi connectivity index (χ0v) is 30.7. The van der Waals surface area contributed by atoms with Crippen LogP contribution in [0.5, 0.6) is 11.5 Å². The number of aromatic hydroxyl groups is 1. The van der Waals surface area contributed by atoms with Gasteiger partial charge in [-0.15, -0.1) is 0 Å². The van der Waals surface area contributed by atoms with Crippen LogP contribution in [0.3, 0.4) is 0 Å². The molecule has 0 aliphatic carbocycles. The van der Waals surface area contributed by atoms with Crippen molar-refractivity contribution in [2.24, 2.45) is 0 Å². The van der Waals surface area contributed by atoms with Crippen molar-refractivity contribution >= 4 is 35.5 Å². The molecule has 0 radical (unpaired) electrons. The van der Waals surface area contributed by atoms with E-state index < -0.39 is 72.3 Å². The molecule has 3 aromatic rings. The number of amides is 5. The molecule has 2 unspecified atom stereocenters. The zero-order valence-electron chi connectivity index (χ0n) is 30.7. The van der Waals surface area contributed by atoms with Crippen molar-refractivity contribution in [3.8, 4) is 11.5 Å². The first-order valence-corrected chi connectivity index (χ1v) is 17.6. The second-order valence-electron chi connectivity index (χ2n) is 13.3. The average molecular weight is 742 g/mol. The van der Waals surface area contributed by atoms with Gasteiger partial charge in [0.15, 0.2) is 6.10 Å². The summed E-state index contributed by atoms with van der Waals surface area (Å²) in [5.41, 5.74) is 3.00. The molecule has 0 spiro atoms. The fourth-order valence-electron chi connectivity index (χ4n) is 5.38. The number of hydrogen-bond acceptors (Lipinski definition) is 9. The van der Waals surface area contributed by atoms with Gasteiger partial charge in [0.05, 0.1) is 6.54 Å². The molecule has 0 saturated carbocycles. The third kappa shape index (κ3) is 12.8. The number of rotatable bonds is 9. The molecule has 1 aliphatic rings. The summed E-state index contributed by atoms with van der Waals surface area (Å²) in [6, 6.07) is 16.9. The van der Waals surface area contributed by atoms with Gasteiger partial charge in [0.2, 0.25) is 23.6 Å². The maximum atomic E-state index is 13.9. The van der Waals surface area contributed by atoms with Crippen LogP contribution >= 0.6 is 0 Å². The summed E-state index contributed by atoms with van der Waals surface area (Å²) in [4.78, 5) is 80.6. The number of hydrogen-bond donors (Lipinski definition) is 6. The molecule has 286 valence electrons. The summed E-state index contributed by atoms with van der Waals surface area (Å²) in [7, 11) is 0. The quantitative estimate of drug-likeness (QED) is 0.140. The maximum absolute atomic E-state index is 13.9. The Hall–Kier alpha value is -6.18. The highest BCUT2D eigenvalue weighted by atomic mass is 16.5. The van der Waals surface area contributed by atoms with Crippen LogP contribution in [0.2, 0.25) is 0 Å². The van der Waals surface area contributed by atoms with Gasteiger partial charge in [-0.3, -0.25) is 24.0 Å². The fourth-order valence-corrected chi connectivity index (χ4v) is 5.38. The molecule has 1 saturated heterocycles. The number of ether oxygens (including phenoxy) is 2. The van der Waals surface area contributed by atoms with Crippen molar-refractivity contribution in [3.05, 3.63) is 107 Å². The standard InChI is InChI=1S/C40H47N5O9/c1-24(2)18-19-53-31-16-12-29(13-17-31)21-33-40(52)54-34(22-27-8-6-5-7-9-27)39(51)43-25(3)36(48)41-23-35(47)44-32(20-28-10-14-30(46)15-11-28)38(50)42-26(4)37(49)45-33/h5-18,25-26,32-34,46H,19-23H2,1-4H3,(H,41,48)(H,42,50)(H,43,51)(H,44,47)(H,45,49)/t25?,26?,32-,33-,34+/m1/s1. The largest absolute Gasteiger partial charge is 0.508 e. The number of allylic oxidation sites excluding steroid dienone is 1. The summed E-state index contributed by atoms with van der Waals surface area (Å²) in [6.45, 7) is 6.59. The first-order chi connectivity index (χ1) is 25.8. The number of nitrogens with one attached hydrogen (secondary N) is 5. The molecule has 0 bridgehead atoms. The van der Waals surface area contributed by atoms with Crippen LogP contribution in [0.1, 0.15) is 44.4 Å². The van der Waals surface area contributed by atoms with Crippen molar-refractivity contribution < 1.29 is 43.3 Å². The van der Waals surface area contributed by atoms with Crippen molar-refractivity contribution in [3.63, 3.8) is 0 Å². The predicted octanol–water partition coefficient (Wildman–Crippen LogP) is 1.79. The van der Waals surface area contributed by atoms with Gasteiger partial charge in [0.1, 0.15) is 42.3 Å². The minimum atomic E-state index is -1.40. The van der Waals surface area contributed by atoms with E-state index in [2.05, 4.69) is 26.6 Å². The normalized spacial score (nSPS) is 21.8. The van der Waals surface area contributed by atoms with E-state index in [0.29, 0.717) is 29.0 Å². The van der Waals surface area contributed by atoms with Crippen LogP contribution in [0.25, 0.3) is 0 Å². The minimum Gasteiger partial charge on any atom is -0.508 e. The lowest BCUT2D eigenvalue weighted by Gasteiger charge is -2.26. The molecule has 5 amide bonds. The van der Waals surface area contributed by atoms with Crippen molar-refractivity contribution in [2.45, 2.75) is 77.2 Å². The van der Waals surface area contributed by atoms with E-state index in [4.69, 9.17) is 9.47 Å². The highest BCUT2D eigenvalue weighted by molar-refractivity contribution is 5.96. The van der Waals surface area contributed by atoms with E-state index in [1.165, 1.54) is 26.0 Å². The topological polar surface area (TPSA) is 201 Å². The van der Waals surface area contributed by atoms with Crippen LogP contribution in [0.4, 0.5) is 0 Å². The monoisotopic (exact) mass is 741 g/mol. The third-order valence-electron chi connectivity index (χ3n) is 8.48. The summed E-state index contributed by atoms with van der Waals surface area (Å²) in [6.07, 6.45) is 0.429. The van der Waals surface area contributed by atoms with Gasteiger partial charge in [-0.05, 0) is 74.7 Å². The number of phenols is 1. The minimum absolute atomic E-state index is 0.00868. The van der Waals surface area contributed by atoms with Gasteiger partial charge in [0.25, 0.3) is 5.91 Å². The van der Waals surface area contributed by atoms with Gasteiger partial charge in [-0.25, -0.2) is 4.79 Å². The number of phenolic OH excluding ortho intramolecular Hbond substituents is 1. The lowest BCUT2D eigenvalue weighted by Crippen LogP contribution is -2.57. The number of carbonyl (C=O) groups excluding carboxylic acids is 6. The molecule has 1 heterocycles. The van der Waals surface area contributed by atoms with E-state index in [9.17, 15) is 33.9 Å². The molecule has 1 fully saturated rings. The Bertz CT molecular complexity index is 1810. The number of esters is 1. The number of carbonyl (C=O) groups is 6. The second kappa shape index (κ2) is 19.6. The Morgan fingerprint density at radius 1 is 0.685 bits per heavy atom. The molecule has 14 nitrogen and oxygen atoms in total. The number of benzene rings is 3. The van der Waals surface area contributed by atoms with Crippen LogP contribution in [-0.2, 0) is 52.8 Å². The summed E-state index contributed by atoms with van der Waals surface area (Å²) in [5, 5.41) is 22.5. The Balaban J connectivity index is 1.63. The highest BCUT2D eigenvalue weighted by Gasteiger charge is 2.33. The molecule has 54 heavy (non-hydrogen) atoms. The first kappa shape index (κ1) is 40.6. The molecular weight excluding hydrogens is 694 g/mol. The maximum Gasteiger partial charge on any atom is 0.329 e. The van der Waals surface area contributed by atoms with Gasteiger partial charge in [-0.2, -0.15) is 0 Å². The third-order valence-corrected chi connectivity index (χ3v) is 8.48. The van der Waals surface area contributed by atoms with Crippen molar-refractivity contribution in [2.75, 3.05) is 13.2 Å². The zero-order chi connectivity index (χ0) is 39.2. The number of cyclic esters (lactones) is 1. The molecule has 14 heteroatoms. The van der Waals surface area contributed by atoms with Crippen LogP contribution in [0.15, 0.2) is 90.5 Å². The molecule has 5 atom stereocenters. The van der Waals surface area contributed by atoms with Gasteiger partial charge in [-0.1, -0.05) is 60.2 Å². The molecule has 4 rings (SSSR count). The van der Waals surface area contributed by atoms with E-state index in [0.717, 1.165) is 5.57 Å². The molecule has 6 N–H and O–H groups in total. The molecule has 1 aliphatic heterocycles. The molecular formula is C40H47N5O9. The Morgan fingerprint density at radius 3 is 1.91 bits per heavy atom. The lowest BCUT2D eigenvalue weighted by atomic mass is 10.0. The highest BCUT2D eigenvalue weighted by Crippen LogP contribution is 2.16. The van der Waals surface area contributed by atoms with Crippen LogP contribution in [-0.4, -0.2) is 84.0 Å². The van der Waals surface area contributed by atoms with E-state index in [1.54, 1.807) is 66.7 Å². The first-order valence-electron chi connectivity index (χ1n) is 17.6. The van der Waals surface area contributed by atoms with Crippen LogP contribution < -0.4 is 31.3 Å². The second-order valence-corrected chi connectivity index (χ2v) is 13.3. The predicted molar refractivity (Wildman–Crippen MR) is 199 cm³/mol. The Morgan fingerprint density at radius 2 is 1.26 bits per heavy atom. The SMILES string of the molecule is CC(C)=CCOc1ccc(C[C@H]2NC(=O)C(C)NC(=O)[C@@H](Cc3ccc(O)cc3)NC(=O)CNC(=O)C(C)NC(=O)[C@H](Cc3ccccc3)OC2=O)cc1. The van der Waals surface area contributed by atoms with Crippen molar-refractivity contribution in [1.29, 1.82) is 0 Å². The molecule has 3 aromatic carbocycles. The van der Waals surface area contributed by atoms with Crippen molar-refractivity contribution in [1.82, 2.24) is 26.6 Å². The van der Waals surface area contributed by atoms with E-state index >= 15 is 0 Å². The summed E-state index contributed by atoms with van der Waals surface area (Å²) in [5.74, 6) is -3.93. The summed E-state index contributed by atoms with van der Waals surface area (Å²) < 4.78 is 11.5. The smallest absolute Gasteiger partial charge is 0.329 e. The Labute approximate surface area is 314 Å². The van der Waals surface area contributed by atoms with E-state index in [-0.39, 0.29) is 25.0 Å². The fraction of sp³-hybridized carbons (Fsp3) is 0.350. The Kier molecular flexibility index (Phi) is 14.7. The van der Waals surface area contributed by atoms with Crippen LogP contribution in [0, 0.1) is 0 Å². The molecule has 0 aromatic heterocycles.